The third-order valence-electron chi connectivity index (χ3n) is 2.31. The number of hydrogen-bond donors (Lipinski definition) is 4. The van der Waals surface area contributed by atoms with E-state index in [9.17, 15) is 14.4 Å². The van der Waals surface area contributed by atoms with Gasteiger partial charge in [0.15, 0.2) is 0 Å². The number of nitrogens with zero attached hydrogens (tertiary/aromatic N) is 1. The number of anilines is 1. The first-order valence-electron chi connectivity index (χ1n) is 4.87. The molecule has 0 bridgehead atoms. The third-order valence-corrected chi connectivity index (χ3v) is 2.31. The average molecular weight is 225 g/mol. The summed E-state index contributed by atoms with van der Waals surface area (Å²) in [6.07, 6.45) is 1.23. The van der Waals surface area contributed by atoms with Gasteiger partial charge in [-0.15, -0.1) is 5.10 Å². The summed E-state index contributed by atoms with van der Waals surface area (Å²) in [4.78, 5) is 34.9. The number of aromatic amines is 2. The summed E-state index contributed by atoms with van der Waals surface area (Å²) in [6.45, 7) is 0.411. The van der Waals surface area contributed by atoms with E-state index in [2.05, 4.69) is 20.8 Å². The molecule has 1 aromatic rings. The Morgan fingerprint density at radius 2 is 2.19 bits per heavy atom. The van der Waals surface area contributed by atoms with Gasteiger partial charge in [0.1, 0.15) is 0 Å². The fraction of sp³-hybridized carbons (Fsp3) is 0.500. The lowest BCUT2D eigenvalue weighted by atomic mass is 10.2. The van der Waals surface area contributed by atoms with Crippen molar-refractivity contribution in [3.63, 3.8) is 0 Å². The summed E-state index contributed by atoms with van der Waals surface area (Å²) < 4.78 is 0. The smallest absolute Gasteiger partial charge is 0.342 e. The van der Waals surface area contributed by atoms with Crippen molar-refractivity contribution in [1.29, 1.82) is 0 Å². The van der Waals surface area contributed by atoms with Gasteiger partial charge in [0, 0.05) is 19.0 Å². The molecule has 1 saturated heterocycles. The van der Waals surface area contributed by atoms with Crippen LogP contribution in [0, 0.1) is 0 Å². The van der Waals surface area contributed by atoms with Gasteiger partial charge in [-0.3, -0.25) is 14.6 Å². The number of hydrogen-bond acceptors (Lipinski definition) is 5. The van der Waals surface area contributed by atoms with Crippen LogP contribution in [0.5, 0.6) is 0 Å². The van der Waals surface area contributed by atoms with E-state index in [1.165, 1.54) is 0 Å². The fourth-order valence-corrected chi connectivity index (χ4v) is 1.52. The molecular formula is C8H11N5O3. The fourth-order valence-electron chi connectivity index (χ4n) is 1.52. The molecule has 1 atom stereocenters. The van der Waals surface area contributed by atoms with E-state index >= 15 is 0 Å². The first kappa shape index (κ1) is 10.4. The standard InChI is InChI=1S/C8H11N5O3/c14-5-2-1-4(10-5)3-9-6-7(15)11-8(16)13-12-6/h4H,1-3H2,(H,9,12)(H,10,14)(H2,11,13,15,16). The number of aromatic nitrogens is 3. The summed E-state index contributed by atoms with van der Waals surface area (Å²) in [7, 11) is 0. The SMILES string of the molecule is O=C1CCC(CNc2n[nH]c(=O)[nH]c2=O)N1. The van der Waals surface area contributed by atoms with Crippen LogP contribution in [0.2, 0.25) is 0 Å². The molecule has 0 saturated carbocycles. The second-order valence-electron chi connectivity index (χ2n) is 3.54. The quantitative estimate of drug-likeness (QED) is 0.481. The molecule has 0 radical (unpaired) electrons. The van der Waals surface area contributed by atoms with Crippen molar-refractivity contribution in [2.24, 2.45) is 0 Å². The lowest BCUT2D eigenvalue weighted by Gasteiger charge is -2.10. The summed E-state index contributed by atoms with van der Waals surface area (Å²) in [5.74, 6) is 0.0517. The van der Waals surface area contributed by atoms with Crippen LogP contribution in [-0.4, -0.2) is 33.7 Å². The van der Waals surface area contributed by atoms with Crippen molar-refractivity contribution < 1.29 is 4.79 Å². The van der Waals surface area contributed by atoms with E-state index in [-0.39, 0.29) is 17.8 Å². The molecule has 1 aliphatic heterocycles. The predicted octanol–water partition coefficient (Wildman–Crippen LogP) is -1.85. The minimum Gasteiger partial charge on any atom is -0.362 e. The molecule has 8 nitrogen and oxygen atoms in total. The second-order valence-corrected chi connectivity index (χ2v) is 3.54. The topological polar surface area (TPSA) is 120 Å². The lowest BCUT2D eigenvalue weighted by molar-refractivity contribution is -0.119. The molecule has 16 heavy (non-hydrogen) atoms. The van der Waals surface area contributed by atoms with E-state index in [0.29, 0.717) is 13.0 Å². The molecule has 4 N–H and O–H groups in total. The molecule has 0 aliphatic carbocycles. The van der Waals surface area contributed by atoms with Crippen molar-refractivity contribution in [2.75, 3.05) is 11.9 Å². The zero-order chi connectivity index (χ0) is 11.5. The maximum Gasteiger partial charge on any atom is 0.342 e. The Labute approximate surface area is 89.5 Å². The second kappa shape index (κ2) is 4.17. The molecule has 2 rings (SSSR count). The Hall–Kier alpha value is -2.12. The highest BCUT2D eigenvalue weighted by Gasteiger charge is 2.20. The minimum atomic E-state index is -0.648. The molecule has 1 unspecified atom stereocenters. The number of nitrogens with one attached hydrogen (secondary N) is 4. The average Bonchev–Trinajstić information content (AvgIpc) is 2.63. The van der Waals surface area contributed by atoms with E-state index in [0.717, 1.165) is 6.42 Å². The van der Waals surface area contributed by atoms with Crippen LogP contribution in [0.25, 0.3) is 0 Å². The highest BCUT2D eigenvalue weighted by Crippen LogP contribution is 2.06. The Morgan fingerprint density at radius 3 is 2.81 bits per heavy atom. The van der Waals surface area contributed by atoms with Crippen LogP contribution in [0.4, 0.5) is 5.82 Å². The maximum atomic E-state index is 11.2. The molecule has 1 fully saturated rings. The summed E-state index contributed by atoms with van der Waals surface area (Å²) in [5, 5.41) is 11.2. The lowest BCUT2D eigenvalue weighted by Crippen LogP contribution is -2.34. The van der Waals surface area contributed by atoms with E-state index in [1.54, 1.807) is 0 Å². The Kier molecular flexibility index (Phi) is 2.71. The van der Waals surface area contributed by atoms with Gasteiger partial charge in [0.25, 0.3) is 5.56 Å². The molecule has 1 aromatic heterocycles. The molecular weight excluding hydrogens is 214 g/mol. The monoisotopic (exact) mass is 225 g/mol. The van der Waals surface area contributed by atoms with Crippen LogP contribution >= 0.6 is 0 Å². The maximum absolute atomic E-state index is 11.2. The van der Waals surface area contributed by atoms with Crippen molar-refractivity contribution in [3.8, 4) is 0 Å². The Balaban J connectivity index is 1.97. The molecule has 0 spiro atoms. The van der Waals surface area contributed by atoms with Gasteiger partial charge in [0.05, 0.1) is 0 Å². The van der Waals surface area contributed by atoms with E-state index < -0.39 is 11.2 Å². The van der Waals surface area contributed by atoms with Crippen molar-refractivity contribution in [3.05, 3.63) is 20.8 Å². The summed E-state index contributed by atoms with van der Waals surface area (Å²) in [6, 6.07) is 0.000582. The van der Waals surface area contributed by atoms with Gasteiger partial charge in [0.2, 0.25) is 11.7 Å². The van der Waals surface area contributed by atoms with Gasteiger partial charge in [-0.05, 0) is 6.42 Å². The first-order valence-corrected chi connectivity index (χ1v) is 4.87. The number of amides is 1. The number of carbonyl (C=O) groups excluding carboxylic acids is 1. The molecule has 0 aromatic carbocycles. The number of H-pyrrole nitrogens is 2. The number of carbonyl (C=O) groups is 1. The Bertz CT molecular complexity index is 505. The molecule has 8 heteroatoms. The largest absolute Gasteiger partial charge is 0.362 e. The molecule has 1 aliphatic rings. The van der Waals surface area contributed by atoms with Gasteiger partial charge in [-0.1, -0.05) is 0 Å². The third kappa shape index (κ3) is 2.27. The van der Waals surface area contributed by atoms with Crippen LogP contribution < -0.4 is 21.9 Å². The summed E-state index contributed by atoms with van der Waals surface area (Å²) in [5.41, 5.74) is -1.22. The highest BCUT2D eigenvalue weighted by atomic mass is 16.2. The zero-order valence-corrected chi connectivity index (χ0v) is 8.37. The highest BCUT2D eigenvalue weighted by molar-refractivity contribution is 5.78. The molecule has 1 amide bonds. The van der Waals surface area contributed by atoms with Crippen LogP contribution in [0.1, 0.15) is 12.8 Å². The van der Waals surface area contributed by atoms with Crippen LogP contribution in [0.3, 0.4) is 0 Å². The molecule has 2 heterocycles. The van der Waals surface area contributed by atoms with Gasteiger partial charge in [-0.2, -0.15) is 0 Å². The van der Waals surface area contributed by atoms with Crippen molar-refractivity contribution in [1.82, 2.24) is 20.5 Å². The molecule has 86 valence electrons. The number of rotatable bonds is 3. The van der Waals surface area contributed by atoms with E-state index in [1.807, 2.05) is 4.98 Å². The summed E-state index contributed by atoms with van der Waals surface area (Å²) >= 11 is 0. The Morgan fingerprint density at radius 1 is 1.38 bits per heavy atom. The normalized spacial score (nSPS) is 19.5. The zero-order valence-electron chi connectivity index (χ0n) is 8.37. The van der Waals surface area contributed by atoms with Gasteiger partial charge in [-0.25, -0.2) is 9.89 Å². The minimum absolute atomic E-state index is 0.000582. The van der Waals surface area contributed by atoms with Crippen molar-refractivity contribution in [2.45, 2.75) is 18.9 Å². The van der Waals surface area contributed by atoms with Crippen LogP contribution in [0.15, 0.2) is 9.59 Å². The van der Waals surface area contributed by atoms with E-state index in [4.69, 9.17) is 0 Å². The first-order chi connectivity index (χ1) is 7.65. The van der Waals surface area contributed by atoms with Crippen LogP contribution in [-0.2, 0) is 4.79 Å². The predicted molar refractivity (Wildman–Crippen MR) is 55.1 cm³/mol. The van der Waals surface area contributed by atoms with Gasteiger partial charge >= 0.3 is 5.69 Å². The van der Waals surface area contributed by atoms with Gasteiger partial charge < -0.3 is 10.6 Å². The van der Waals surface area contributed by atoms with Crippen molar-refractivity contribution >= 4 is 11.7 Å².